The first-order chi connectivity index (χ1) is 32.9. The summed E-state index contributed by atoms with van der Waals surface area (Å²) in [6.07, 6.45) is 12.1. The predicted molar refractivity (Wildman–Crippen MR) is 276 cm³/mol. The van der Waals surface area contributed by atoms with Gasteiger partial charge in [-0.05, 0) is 152 Å². The maximum Gasteiger partial charge on any atom is 0.243 e. The number of nitrogens with zero attached hydrogens (tertiary/aromatic N) is 4. The Morgan fingerprint density at radius 2 is 0.493 bits per heavy atom. The van der Waals surface area contributed by atoms with Gasteiger partial charge in [-0.15, -0.1) is 0 Å². The van der Waals surface area contributed by atoms with Crippen LogP contribution in [0.2, 0.25) is 0 Å². The minimum Gasteiger partial charge on any atom is -0.207 e. The van der Waals surface area contributed by atoms with Crippen molar-refractivity contribution in [3.05, 3.63) is 119 Å². The lowest BCUT2D eigenvalue weighted by atomic mass is 10.1. The monoisotopic (exact) mass is 1020 g/mol. The minimum atomic E-state index is -3.77. The van der Waals surface area contributed by atoms with Crippen LogP contribution in [0.25, 0.3) is 0 Å². The van der Waals surface area contributed by atoms with E-state index < -0.39 is 40.1 Å². The van der Waals surface area contributed by atoms with Gasteiger partial charge in [-0.25, -0.2) is 33.7 Å². The SMILES string of the molecule is Cc1ccc(S(=O)(=O)N(CCCCCCCCCN(CCCCN(CC2CC2)S(=O)(=O)c2ccc(C)cc2)S(=O)(=O)c2ccc(C)cc2)CCCCN(CC2CC2)S(=O)(=O)c2ccc(C)cc2)cc1. The normalized spacial score (nSPS) is 15.0. The summed E-state index contributed by atoms with van der Waals surface area (Å²) >= 11 is 0. The van der Waals surface area contributed by atoms with Gasteiger partial charge < -0.3 is 0 Å². The zero-order valence-corrected chi connectivity index (χ0v) is 44.6. The summed E-state index contributed by atoms with van der Waals surface area (Å²) in [5.74, 6) is 0.738. The van der Waals surface area contributed by atoms with Crippen LogP contribution in [0.4, 0.5) is 0 Å². The summed E-state index contributed by atoms with van der Waals surface area (Å²) in [5, 5.41) is 0. The van der Waals surface area contributed by atoms with Gasteiger partial charge >= 0.3 is 0 Å². The van der Waals surface area contributed by atoms with Crippen LogP contribution in [-0.4, -0.2) is 103 Å². The summed E-state index contributed by atoms with van der Waals surface area (Å²) in [6, 6.07) is 27.7. The molecule has 0 bridgehead atoms. The Kier molecular flexibility index (Phi) is 20.1. The van der Waals surface area contributed by atoms with Crippen LogP contribution in [0, 0.1) is 39.5 Å². The summed E-state index contributed by atoms with van der Waals surface area (Å²) in [5.41, 5.74) is 3.93. The molecule has 2 aliphatic carbocycles. The number of rotatable bonds is 32. The number of hydrogen-bond donors (Lipinski definition) is 0. The first-order valence-corrected chi connectivity index (χ1v) is 30.9. The van der Waals surface area contributed by atoms with Gasteiger partial charge in [0.2, 0.25) is 40.1 Å². The highest BCUT2D eigenvalue weighted by Crippen LogP contribution is 2.33. The molecule has 0 radical (unpaired) electrons. The van der Waals surface area contributed by atoms with E-state index in [4.69, 9.17) is 0 Å². The van der Waals surface area contributed by atoms with E-state index >= 15 is 0 Å². The van der Waals surface area contributed by atoms with Crippen molar-refractivity contribution < 1.29 is 33.7 Å². The van der Waals surface area contributed by atoms with Crippen molar-refractivity contribution >= 4 is 40.1 Å². The van der Waals surface area contributed by atoms with Gasteiger partial charge in [0.05, 0.1) is 19.6 Å². The molecule has 0 amide bonds. The van der Waals surface area contributed by atoms with Gasteiger partial charge in [0.25, 0.3) is 0 Å². The van der Waals surface area contributed by atoms with Gasteiger partial charge in [0, 0.05) is 52.4 Å². The number of unbranched alkanes of at least 4 members (excludes halogenated alkanes) is 8. The minimum absolute atomic E-state index is 0.255. The maximum atomic E-state index is 14.0. The van der Waals surface area contributed by atoms with E-state index in [1.54, 1.807) is 90.0 Å². The summed E-state index contributed by atoms with van der Waals surface area (Å²) in [6.45, 7) is 10.7. The van der Waals surface area contributed by atoms with E-state index in [2.05, 4.69) is 0 Å². The van der Waals surface area contributed by atoms with Gasteiger partial charge in [0.1, 0.15) is 0 Å². The summed E-state index contributed by atoms with van der Waals surface area (Å²) < 4.78 is 117. The highest BCUT2D eigenvalue weighted by atomic mass is 32.2. The molecule has 0 atom stereocenters. The molecule has 4 aromatic carbocycles. The Morgan fingerprint density at radius 1 is 0.304 bits per heavy atom. The molecule has 0 unspecified atom stereocenters. The Bertz CT molecular complexity index is 2490. The van der Waals surface area contributed by atoms with Gasteiger partial charge in [-0.1, -0.05) is 103 Å². The molecule has 69 heavy (non-hydrogen) atoms. The highest BCUT2D eigenvalue weighted by Gasteiger charge is 2.33. The lowest BCUT2D eigenvalue weighted by Gasteiger charge is -2.25. The molecular formula is C53H76N4O8S4. The van der Waals surface area contributed by atoms with E-state index in [0.717, 1.165) is 80.0 Å². The Morgan fingerprint density at radius 3 is 0.725 bits per heavy atom. The van der Waals surface area contributed by atoms with Gasteiger partial charge in [0.15, 0.2) is 0 Å². The van der Waals surface area contributed by atoms with Crippen molar-refractivity contribution in [3.63, 3.8) is 0 Å². The van der Waals surface area contributed by atoms with Crippen molar-refractivity contribution in [1.29, 1.82) is 0 Å². The van der Waals surface area contributed by atoms with Crippen LogP contribution in [0.1, 0.15) is 119 Å². The van der Waals surface area contributed by atoms with E-state index in [-0.39, 0.29) is 19.6 Å². The van der Waals surface area contributed by atoms with Gasteiger partial charge in [-0.3, -0.25) is 0 Å². The molecule has 2 fully saturated rings. The molecule has 6 rings (SSSR count). The van der Waals surface area contributed by atoms with E-state index in [0.29, 0.717) is 103 Å². The lowest BCUT2D eigenvalue weighted by Crippen LogP contribution is -2.35. The molecule has 12 nitrogen and oxygen atoms in total. The standard InChI is InChI=1S/C53H76N4O8S4/c1-44-16-28-50(29-17-44)66(58,59)54(38-12-14-40-56(42-48-24-25-48)68(62,63)52-32-20-46(3)21-33-52)36-10-8-6-5-7-9-11-37-55(67(60,61)51-30-18-45(2)19-31-51)39-13-15-41-57(43-49-26-27-49)69(64,65)53-34-22-47(4)23-35-53/h16-23,28-35,48-49H,5-15,24-27,36-43H2,1-4H3. The summed E-state index contributed by atoms with van der Waals surface area (Å²) in [4.78, 5) is 1.08. The summed E-state index contributed by atoms with van der Waals surface area (Å²) in [7, 11) is -14.9. The Balaban J connectivity index is 0.977. The molecular weight excluding hydrogens is 949 g/mol. The molecule has 0 aliphatic heterocycles. The first kappa shape index (κ1) is 54.8. The molecule has 0 heterocycles. The number of hydrogen-bond acceptors (Lipinski definition) is 8. The fourth-order valence-electron chi connectivity index (χ4n) is 8.55. The number of aryl methyl sites for hydroxylation is 4. The second-order valence-corrected chi connectivity index (χ2v) is 27.3. The molecule has 0 aromatic heterocycles. The highest BCUT2D eigenvalue weighted by molar-refractivity contribution is 7.90. The maximum absolute atomic E-state index is 14.0. The number of benzene rings is 4. The fourth-order valence-corrected chi connectivity index (χ4v) is 14.7. The van der Waals surface area contributed by atoms with Crippen molar-refractivity contribution in [3.8, 4) is 0 Å². The lowest BCUT2D eigenvalue weighted by molar-refractivity contribution is 0.354. The Hall–Kier alpha value is -3.48. The van der Waals surface area contributed by atoms with Crippen LogP contribution in [0.5, 0.6) is 0 Å². The van der Waals surface area contributed by atoms with E-state index in [9.17, 15) is 33.7 Å². The van der Waals surface area contributed by atoms with Crippen LogP contribution < -0.4 is 0 Å². The quantitative estimate of drug-likeness (QED) is 0.0439. The molecule has 2 aliphatic rings. The third-order valence-corrected chi connectivity index (χ3v) is 21.0. The second kappa shape index (κ2) is 25.3. The van der Waals surface area contributed by atoms with E-state index in [1.807, 2.05) is 52.0 Å². The van der Waals surface area contributed by atoms with E-state index in [1.165, 1.54) is 0 Å². The predicted octanol–water partition coefficient (Wildman–Crippen LogP) is 10.1. The van der Waals surface area contributed by atoms with Crippen molar-refractivity contribution in [1.82, 2.24) is 17.2 Å². The largest absolute Gasteiger partial charge is 0.243 e. The zero-order chi connectivity index (χ0) is 49.7. The average Bonchev–Trinajstić information content (AvgIpc) is 4.27. The smallest absolute Gasteiger partial charge is 0.207 e. The second-order valence-electron chi connectivity index (χ2n) is 19.6. The topological polar surface area (TPSA) is 150 Å². The van der Waals surface area contributed by atoms with Crippen molar-refractivity contribution in [2.75, 3.05) is 52.4 Å². The van der Waals surface area contributed by atoms with Gasteiger partial charge in [-0.2, -0.15) is 17.2 Å². The molecule has 0 spiro atoms. The molecule has 4 aromatic rings. The average molecular weight is 1030 g/mol. The molecule has 0 N–H and O–H groups in total. The molecule has 16 heteroatoms. The fraction of sp³-hybridized carbons (Fsp3) is 0.547. The first-order valence-electron chi connectivity index (χ1n) is 25.1. The third kappa shape index (κ3) is 16.3. The van der Waals surface area contributed by atoms with Crippen LogP contribution >= 0.6 is 0 Å². The van der Waals surface area contributed by atoms with Crippen LogP contribution in [0.15, 0.2) is 117 Å². The van der Waals surface area contributed by atoms with Crippen LogP contribution in [-0.2, 0) is 40.1 Å². The molecule has 380 valence electrons. The number of sulfonamides is 4. The van der Waals surface area contributed by atoms with Crippen molar-refractivity contribution in [2.24, 2.45) is 11.8 Å². The Labute approximate surface area is 415 Å². The molecule has 0 saturated heterocycles. The third-order valence-electron chi connectivity index (χ3n) is 13.4. The zero-order valence-electron chi connectivity index (χ0n) is 41.3. The van der Waals surface area contributed by atoms with Crippen molar-refractivity contribution in [2.45, 2.75) is 144 Å². The molecule has 2 saturated carbocycles. The van der Waals surface area contributed by atoms with Crippen LogP contribution in [0.3, 0.4) is 0 Å².